The van der Waals surface area contributed by atoms with Crippen molar-refractivity contribution in [3.63, 3.8) is 0 Å². The summed E-state index contributed by atoms with van der Waals surface area (Å²) in [4.78, 5) is 12.7. The zero-order valence-electron chi connectivity index (χ0n) is 15.3. The molecule has 2 rings (SSSR count). The van der Waals surface area contributed by atoms with Crippen LogP contribution in [-0.4, -0.2) is 30.7 Å². The molecule has 0 bridgehead atoms. The molecule has 1 amide bonds. The molecule has 3 N–H and O–H groups in total. The molecule has 134 valence electrons. The molecule has 0 aromatic heterocycles. The van der Waals surface area contributed by atoms with Crippen LogP contribution in [0.15, 0.2) is 24.3 Å². The van der Waals surface area contributed by atoms with Crippen LogP contribution in [-0.2, 0) is 14.9 Å². The monoisotopic (exact) mass is 352 g/mol. The smallest absolute Gasteiger partial charge is 0.240 e. The number of carbonyl (C=O) groups excluding carboxylic acids is 1. The van der Waals surface area contributed by atoms with Gasteiger partial charge in [0.25, 0.3) is 0 Å². The lowest BCUT2D eigenvalue weighted by atomic mass is 9.54. The fourth-order valence-corrected chi connectivity index (χ4v) is 3.41. The van der Waals surface area contributed by atoms with Crippen LogP contribution in [0.4, 0.5) is 0 Å². The summed E-state index contributed by atoms with van der Waals surface area (Å²) in [6, 6.07) is 7.72. The maximum absolute atomic E-state index is 12.7. The summed E-state index contributed by atoms with van der Waals surface area (Å²) in [6.07, 6.45) is 0.587. The minimum absolute atomic E-state index is 0.0301. The average molecular weight is 353 g/mol. The molecule has 2 unspecified atom stereocenters. The summed E-state index contributed by atoms with van der Waals surface area (Å²) in [5.74, 6) is -0.106. The van der Waals surface area contributed by atoms with Crippen LogP contribution in [0.1, 0.15) is 46.6 Å². The Morgan fingerprint density at radius 2 is 1.96 bits per heavy atom. The van der Waals surface area contributed by atoms with Crippen LogP contribution in [0, 0.1) is 5.41 Å². The fraction of sp³-hybridized carbons (Fsp3) is 0.632. The maximum atomic E-state index is 12.7. The lowest BCUT2D eigenvalue weighted by Crippen LogP contribution is -2.76. The Balaban J connectivity index is 2.01. The number of hydrogen-bond donors (Lipinski definition) is 2. The molecule has 5 heteroatoms. The number of benzene rings is 1. The Labute approximate surface area is 150 Å². The first-order valence-corrected chi connectivity index (χ1v) is 8.87. The molecule has 1 fully saturated rings. The van der Waals surface area contributed by atoms with Crippen molar-refractivity contribution >= 4 is 17.5 Å². The van der Waals surface area contributed by atoms with E-state index < -0.39 is 5.54 Å². The Hall–Kier alpha value is -1.10. The Morgan fingerprint density at radius 3 is 2.46 bits per heavy atom. The molecule has 0 saturated heterocycles. The topological polar surface area (TPSA) is 64.3 Å². The Bertz CT molecular complexity index is 598. The molecule has 24 heavy (non-hydrogen) atoms. The van der Waals surface area contributed by atoms with Gasteiger partial charge in [0.2, 0.25) is 5.91 Å². The van der Waals surface area contributed by atoms with Crippen molar-refractivity contribution in [2.75, 3.05) is 13.2 Å². The van der Waals surface area contributed by atoms with E-state index >= 15 is 0 Å². The summed E-state index contributed by atoms with van der Waals surface area (Å²) in [7, 11) is 0. The van der Waals surface area contributed by atoms with Crippen molar-refractivity contribution in [2.24, 2.45) is 11.1 Å². The molecule has 1 saturated carbocycles. The SMILES string of the molecule is CCOC1CC(N)(C(=O)NCC(C)(C)c2ccc(Cl)cc2)C1(C)C. The van der Waals surface area contributed by atoms with Gasteiger partial charge in [-0.05, 0) is 24.6 Å². The highest BCUT2D eigenvalue weighted by atomic mass is 35.5. The molecular formula is C19H29ClN2O2. The summed E-state index contributed by atoms with van der Waals surface area (Å²) >= 11 is 5.95. The predicted molar refractivity (Wildman–Crippen MR) is 98.2 cm³/mol. The number of ether oxygens (including phenoxy) is 1. The van der Waals surface area contributed by atoms with Gasteiger partial charge in [0.05, 0.1) is 6.10 Å². The van der Waals surface area contributed by atoms with Crippen molar-refractivity contribution < 1.29 is 9.53 Å². The second-order valence-electron chi connectivity index (χ2n) is 7.91. The van der Waals surface area contributed by atoms with Crippen molar-refractivity contribution in [3.05, 3.63) is 34.9 Å². The van der Waals surface area contributed by atoms with Gasteiger partial charge in [-0.2, -0.15) is 0 Å². The zero-order chi connectivity index (χ0) is 18.2. The number of carbonyl (C=O) groups is 1. The third-order valence-corrected chi connectivity index (χ3v) is 5.80. The van der Waals surface area contributed by atoms with Gasteiger partial charge in [-0.3, -0.25) is 4.79 Å². The van der Waals surface area contributed by atoms with Crippen molar-refractivity contribution in [3.8, 4) is 0 Å². The van der Waals surface area contributed by atoms with E-state index in [0.29, 0.717) is 24.6 Å². The van der Waals surface area contributed by atoms with Gasteiger partial charge in [0.15, 0.2) is 0 Å². The fourth-order valence-electron chi connectivity index (χ4n) is 3.28. The molecule has 1 aliphatic carbocycles. The second-order valence-corrected chi connectivity index (χ2v) is 8.35. The van der Waals surface area contributed by atoms with E-state index in [1.807, 2.05) is 45.0 Å². The molecule has 4 nitrogen and oxygen atoms in total. The quantitative estimate of drug-likeness (QED) is 0.825. The number of hydrogen-bond acceptors (Lipinski definition) is 3. The van der Waals surface area contributed by atoms with E-state index in [0.717, 1.165) is 5.56 Å². The first-order chi connectivity index (χ1) is 11.0. The molecule has 0 heterocycles. The standard InChI is InChI=1S/C19H29ClN2O2/c1-6-24-15-11-19(21,18(15,4)5)16(23)22-12-17(2,3)13-7-9-14(20)10-8-13/h7-10,15H,6,11-12,21H2,1-5H3,(H,22,23). The normalized spacial score (nSPS) is 25.9. The maximum Gasteiger partial charge on any atom is 0.240 e. The molecule has 0 aliphatic heterocycles. The van der Waals surface area contributed by atoms with E-state index in [1.54, 1.807) is 0 Å². The van der Waals surface area contributed by atoms with E-state index in [1.165, 1.54) is 0 Å². The molecule has 0 spiro atoms. The number of nitrogens with one attached hydrogen (secondary N) is 1. The Morgan fingerprint density at radius 1 is 1.38 bits per heavy atom. The third-order valence-electron chi connectivity index (χ3n) is 5.55. The summed E-state index contributed by atoms with van der Waals surface area (Å²) in [5.41, 5.74) is 6.08. The van der Waals surface area contributed by atoms with Gasteiger partial charge in [-0.25, -0.2) is 0 Å². The molecule has 1 aliphatic rings. The lowest BCUT2D eigenvalue weighted by molar-refractivity contribution is -0.170. The van der Waals surface area contributed by atoms with Crippen molar-refractivity contribution in [2.45, 2.75) is 58.1 Å². The highest BCUT2D eigenvalue weighted by Gasteiger charge is 2.62. The highest BCUT2D eigenvalue weighted by Crippen LogP contribution is 2.49. The number of nitrogens with two attached hydrogens (primary N) is 1. The molecule has 1 aromatic carbocycles. The van der Waals surface area contributed by atoms with E-state index in [4.69, 9.17) is 22.1 Å². The average Bonchev–Trinajstić information content (AvgIpc) is 2.52. The first-order valence-electron chi connectivity index (χ1n) is 8.49. The molecule has 0 radical (unpaired) electrons. The number of rotatable bonds is 6. The van der Waals surface area contributed by atoms with Crippen LogP contribution in [0.3, 0.4) is 0 Å². The van der Waals surface area contributed by atoms with Gasteiger partial charge in [-0.15, -0.1) is 0 Å². The minimum atomic E-state index is -0.886. The summed E-state index contributed by atoms with van der Waals surface area (Å²) in [5, 5.41) is 3.75. The van der Waals surface area contributed by atoms with Crippen LogP contribution >= 0.6 is 11.6 Å². The number of amides is 1. The molecular weight excluding hydrogens is 324 g/mol. The van der Waals surface area contributed by atoms with E-state index in [9.17, 15) is 4.79 Å². The third kappa shape index (κ3) is 3.32. The Kier molecular flexibility index (Phi) is 5.34. The lowest BCUT2D eigenvalue weighted by Gasteiger charge is -2.57. The van der Waals surface area contributed by atoms with Crippen molar-refractivity contribution in [1.29, 1.82) is 0 Å². The van der Waals surface area contributed by atoms with E-state index in [2.05, 4.69) is 19.2 Å². The van der Waals surface area contributed by atoms with Gasteiger partial charge in [-0.1, -0.05) is 51.4 Å². The largest absolute Gasteiger partial charge is 0.378 e. The first kappa shape index (κ1) is 19.2. The molecule has 2 atom stereocenters. The summed E-state index contributed by atoms with van der Waals surface area (Å²) in [6.45, 7) is 11.3. The van der Waals surface area contributed by atoms with Crippen LogP contribution in [0.25, 0.3) is 0 Å². The summed E-state index contributed by atoms with van der Waals surface area (Å²) < 4.78 is 5.69. The minimum Gasteiger partial charge on any atom is -0.378 e. The van der Waals surface area contributed by atoms with Gasteiger partial charge in [0, 0.05) is 35.4 Å². The second kappa shape index (κ2) is 6.66. The van der Waals surface area contributed by atoms with Gasteiger partial charge >= 0.3 is 0 Å². The van der Waals surface area contributed by atoms with Crippen LogP contribution in [0.2, 0.25) is 5.02 Å². The van der Waals surface area contributed by atoms with Crippen LogP contribution in [0.5, 0.6) is 0 Å². The number of halogens is 1. The highest BCUT2D eigenvalue weighted by molar-refractivity contribution is 6.30. The van der Waals surface area contributed by atoms with Gasteiger partial charge in [0.1, 0.15) is 5.54 Å². The van der Waals surface area contributed by atoms with E-state index in [-0.39, 0.29) is 22.8 Å². The zero-order valence-corrected chi connectivity index (χ0v) is 16.0. The van der Waals surface area contributed by atoms with Crippen LogP contribution < -0.4 is 11.1 Å². The predicted octanol–water partition coefficient (Wildman–Crippen LogP) is 3.27. The van der Waals surface area contributed by atoms with Gasteiger partial charge < -0.3 is 15.8 Å². The van der Waals surface area contributed by atoms with Crippen molar-refractivity contribution in [1.82, 2.24) is 5.32 Å². The molecule has 1 aromatic rings.